The fourth-order valence-corrected chi connectivity index (χ4v) is 2.03. The number of imidazole rings is 1. The largest absolute Gasteiger partial charge is 0.369 e. The molecule has 1 aromatic carbocycles. The number of nitrogens with zero attached hydrogens (tertiary/aromatic N) is 2. The predicted molar refractivity (Wildman–Crippen MR) is 67.6 cm³/mol. The second-order valence-electron chi connectivity index (χ2n) is 4.02. The maximum absolute atomic E-state index is 13.0. The molecule has 0 aliphatic heterocycles. The van der Waals surface area contributed by atoms with Crippen molar-refractivity contribution in [3.63, 3.8) is 0 Å². The zero-order valence-electron chi connectivity index (χ0n) is 9.68. The summed E-state index contributed by atoms with van der Waals surface area (Å²) in [5.74, 6) is -0.0165. The lowest BCUT2D eigenvalue weighted by molar-refractivity contribution is 0.629. The summed E-state index contributed by atoms with van der Waals surface area (Å²) in [6.45, 7) is 2.39. The van der Waals surface area contributed by atoms with Gasteiger partial charge in [0.25, 0.3) is 0 Å². The molecular formula is C11H14FN3OS. The van der Waals surface area contributed by atoms with Crippen molar-refractivity contribution in [3.8, 4) is 0 Å². The molecule has 0 aliphatic carbocycles. The first-order valence-electron chi connectivity index (χ1n) is 5.22. The highest BCUT2D eigenvalue weighted by molar-refractivity contribution is 7.84. The molecular weight excluding hydrogens is 241 g/mol. The molecule has 1 heterocycles. The Balaban J connectivity index is 2.46. The first-order chi connectivity index (χ1) is 7.99. The lowest BCUT2D eigenvalue weighted by Crippen LogP contribution is -2.18. The third-order valence-electron chi connectivity index (χ3n) is 2.75. The van der Waals surface area contributed by atoms with Gasteiger partial charge < -0.3 is 10.3 Å². The Hall–Kier alpha value is -1.43. The van der Waals surface area contributed by atoms with Crippen LogP contribution in [-0.4, -0.2) is 25.3 Å². The van der Waals surface area contributed by atoms with Gasteiger partial charge in [-0.1, -0.05) is 0 Å². The van der Waals surface area contributed by atoms with Crippen LogP contribution in [0.4, 0.5) is 10.3 Å². The molecule has 0 fully saturated rings. The minimum atomic E-state index is -0.929. The highest BCUT2D eigenvalue weighted by Crippen LogP contribution is 2.19. The van der Waals surface area contributed by atoms with Crippen LogP contribution in [0.1, 0.15) is 6.92 Å². The van der Waals surface area contributed by atoms with Gasteiger partial charge in [0.05, 0.1) is 11.0 Å². The Bertz CT molecular complexity index is 581. The number of hydrogen-bond acceptors (Lipinski definition) is 3. The lowest BCUT2D eigenvalue weighted by Gasteiger charge is -2.11. The monoisotopic (exact) mass is 255 g/mol. The van der Waals surface area contributed by atoms with Crippen molar-refractivity contribution in [2.45, 2.75) is 18.7 Å². The van der Waals surface area contributed by atoms with Gasteiger partial charge in [0.15, 0.2) is 0 Å². The number of nitrogen functional groups attached to an aromatic ring is 1. The van der Waals surface area contributed by atoms with Crippen LogP contribution in [0.15, 0.2) is 18.2 Å². The summed E-state index contributed by atoms with van der Waals surface area (Å²) in [5.41, 5.74) is 7.07. The van der Waals surface area contributed by atoms with Crippen molar-refractivity contribution in [1.82, 2.24) is 9.55 Å². The van der Waals surface area contributed by atoms with Gasteiger partial charge in [0.1, 0.15) is 5.82 Å². The van der Waals surface area contributed by atoms with E-state index >= 15 is 0 Å². The maximum Gasteiger partial charge on any atom is 0.201 e. The number of fused-ring (bicyclic) bond motifs is 1. The van der Waals surface area contributed by atoms with Crippen LogP contribution >= 0.6 is 0 Å². The van der Waals surface area contributed by atoms with Crippen LogP contribution < -0.4 is 5.73 Å². The molecule has 17 heavy (non-hydrogen) atoms. The van der Waals surface area contributed by atoms with Gasteiger partial charge in [-0.25, -0.2) is 9.37 Å². The van der Waals surface area contributed by atoms with Crippen molar-refractivity contribution in [2.24, 2.45) is 0 Å². The van der Waals surface area contributed by atoms with E-state index < -0.39 is 10.8 Å². The predicted octanol–water partition coefficient (Wildman–Crippen LogP) is 1.52. The standard InChI is InChI=1S/C11H14FN3OS/c1-7(17(2)16)6-15-10-4-3-8(12)5-9(10)14-11(15)13/h3-5,7H,6H2,1-2H3,(H2,13,14). The van der Waals surface area contributed by atoms with E-state index in [1.165, 1.54) is 12.1 Å². The summed E-state index contributed by atoms with van der Waals surface area (Å²) in [6, 6.07) is 4.35. The van der Waals surface area contributed by atoms with Crippen LogP contribution in [0.2, 0.25) is 0 Å². The molecule has 1 aromatic heterocycles. The molecule has 0 saturated carbocycles. The Morgan fingerprint density at radius 3 is 2.94 bits per heavy atom. The fourth-order valence-electron chi connectivity index (χ4n) is 1.68. The average Bonchev–Trinajstić information content (AvgIpc) is 2.54. The van der Waals surface area contributed by atoms with Gasteiger partial charge in [-0.2, -0.15) is 0 Å². The van der Waals surface area contributed by atoms with Crippen LogP contribution in [0.3, 0.4) is 0 Å². The number of anilines is 1. The molecule has 2 N–H and O–H groups in total. The molecule has 2 aromatic rings. The molecule has 4 nitrogen and oxygen atoms in total. The number of halogens is 1. The van der Waals surface area contributed by atoms with Gasteiger partial charge in [-0.15, -0.1) is 0 Å². The third-order valence-corrected chi connectivity index (χ3v) is 4.03. The van der Waals surface area contributed by atoms with E-state index in [2.05, 4.69) is 4.98 Å². The topological polar surface area (TPSA) is 60.9 Å². The van der Waals surface area contributed by atoms with Crippen LogP contribution in [0.5, 0.6) is 0 Å². The minimum Gasteiger partial charge on any atom is -0.369 e. The van der Waals surface area contributed by atoms with E-state index in [0.717, 1.165) is 5.52 Å². The lowest BCUT2D eigenvalue weighted by atomic mass is 10.3. The van der Waals surface area contributed by atoms with Crippen molar-refractivity contribution in [3.05, 3.63) is 24.0 Å². The SMILES string of the molecule is CC(Cn1c(N)nc2cc(F)ccc21)S(C)=O. The first kappa shape index (κ1) is 12.0. The van der Waals surface area contributed by atoms with Crippen LogP contribution in [-0.2, 0) is 17.3 Å². The minimum absolute atomic E-state index is 0.0280. The molecule has 0 radical (unpaired) electrons. The Kier molecular flexibility index (Phi) is 3.15. The van der Waals surface area contributed by atoms with Gasteiger partial charge in [0, 0.05) is 34.9 Å². The van der Waals surface area contributed by atoms with Gasteiger partial charge in [0.2, 0.25) is 5.95 Å². The zero-order chi connectivity index (χ0) is 12.6. The van der Waals surface area contributed by atoms with E-state index in [1.54, 1.807) is 16.9 Å². The highest BCUT2D eigenvalue weighted by atomic mass is 32.2. The van der Waals surface area contributed by atoms with E-state index in [0.29, 0.717) is 18.0 Å². The Morgan fingerprint density at radius 2 is 2.29 bits per heavy atom. The second-order valence-corrected chi connectivity index (χ2v) is 5.82. The first-order valence-corrected chi connectivity index (χ1v) is 6.84. The smallest absolute Gasteiger partial charge is 0.201 e. The molecule has 0 aliphatic rings. The second kappa shape index (κ2) is 4.44. The number of nitrogens with two attached hydrogens (primary N) is 1. The normalized spacial score (nSPS) is 15.0. The van der Waals surface area contributed by atoms with E-state index in [9.17, 15) is 8.60 Å². The maximum atomic E-state index is 13.0. The average molecular weight is 255 g/mol. The molecule has 6 heteroatoms. The molecule has 0 saturated heterocycles. The third kappa shape index (κ3) is 2.31. The summed E-state index contributed by atoms with van der Waals surface area (Å²) in [6.07, 6.45) is 1.65. The summed E-state index contributed by atoms with van der Waals surface area (Å²) in [5, 5.41) is -0.0280. The van der Waals surface area contributed by atoms with Crippen molar-refractivity contribution < 1.29 is 8.60 Å². The Labute approximate surface area is 101 Å². The number of rotatable bonds is 3. The van der Waals surface area contributed by atoms with Crippen LogP contribution in [0, 0.1) is 5.82 Å². The molecule has 0 amide bonds. The van der Waals surface area contributed by atoms with E-state index in [-0.39, 0.29) is 11.1 Å². The van der Waals surface area contributed by atoms with Crippen molar-refractivity contribution in [1.29, 1.82) is 0 Å². The highest BCUT2D eigenvalue weighted by Gasteiger charge is 2.13. The van der Waals surface area contributed by atoms with Crippen LogP contribution in [0.25, 0.3) is 11.0 Å². The van der Waals surface area contributed by atoms with Gasteiger partial charge in [-0.05, 0) is 19.1 Å². The number of hydrogen-bond donors (Lipinski definition) is 1. The van der Waals surface area contributed by atoms with E-state index in [1.807, 2.05) is 6.92 Å². The van der Waals surface area contributed by atoms with Crippen molar-refractivity contribution >= 4 is 27.8 Å². The molecule has 2 atom stereocenters. The van der Waals surface area contributed by atoms with Gasteiger partial charge in [-0.3, -0.25) is 4.21 Å². The molecule has 2 unspecified atom stereocenters. The summed E-state index contributed by atoms with van der Waals surface area (Å²) < 4.78 is 26.1. The fraction of sp³-hybridized carbons (Fsp3) is 0.364. The number of aromatic nitrogens is 2. The molecule has 0 spiro atoms. The molecule has 92 valence electrons. The number of benzene rings is 1. The summed E-state index contributed by atoms with van der Waals surface area (Å²) in [7, 11) is -0.929. The molecule has 0 bridgehead atoms. The van der Waals surface area contributed by atoms with Crippen molar-refractivity contribution in [2.75, 3.05) is 12.0 Å². The molecule has 2 rings (SSSR count). The van der Waals surface area contributed by atoms with Gasteiger partial charge >= 0.3 is 0 Å². The summed E-state index contributed by atoms with van der Waals surface area (Å²) >= 11 is 0. The Morgan fingerprint density at radius 1 is 1.59 bits per heavy atom. The quantitative estimate of drug-likeness (QED) is 0.904. The summed E-state index contributed by atoms with van der Waals surface area (Å²) in [4.78, 5) is 4.09. The van der Waals surface area contributed by atoms with E-state index in [4.69, 9.17) is 5.73 Å². The zero-order valence-corrected chi connectivity index (χ0v) is 10.5.